The van der Waals surface area contributed by atoms with E-state index >= 15 is 0 Å². The highest BCUT2D eigenvalue weighted by molar-refractivity contribution is 7.15. The summed E-state index contributed by atoms with van der Waals surface area (Å²) < 4.78 is 25.6. The maximum atomic E-state index is 13.9. The van der Waals surface area contributed by atoms with Gasteiger partial charge in [-0.3, -0.25) is 14.5 Å². The topological polar surface area (TPSA) is 85.5 Å². The largest absolute Gasteiger partial charge is 0.491 e. The van der Waals surface area contributed by atoms with E-state index in [1.165, 1.54) is 28.4 Å². The summed E-state index contributed by atoms with van der Waals surface area (Å²) in [5.74, 6) is -0.526. The molecule has 1 aliphatic rings. The third kappa shape index (κ3) is 3.58. The van der Waals surface area contributed by atoms with Crippen molar-refractivity contribution >= 4 is 33.3 Å². The highest BCUT2D eigenvalue weighted by Crippen LogP contribution is 2.42. The third-order valence-corrected chi connectivity index (χ3v) is 6.41. The number of hydrogen-bond acceptors (Lipinski definition) is 7. The first-order valence-corrected chi connectivity index (χ1v) is 11.4. The molecule has 3 heterocycles. The Morgan fingerprint density at radius 3 is 2.73 bits per heavy atom. The standard InChI is InChI=1S/C24H20FN3O4S/c1-4-18-26-27-24(33-18)28-20(13-6-5-7-15(10-13)31-12(2)3)19-21(29)16-11-14(25)8-9-17(16)32-22(19)23(28)30/h5-12,20H,4H2,1-3H3. The predicted octanol–water partition coefficient (Wildman–Crippen LogP) is 4.88. The van der Waals surface area contributed by atoms with Crippen molar-refractivity contribution in [1.82, 2.24) is 10.2 Å². The molecule has 0 saturated carbocycles. The number of amides is 1. The molecule has 168 valence electrons. The molecule has 2 aromatic carbocycles. The molecule has 5 rings (SSSR count). The number of benzene rings is 2. The lowest BCUT2D eigenvalue weighted by Gasteiger charge is -2.22. The van der Waals surface area contributed by atoms with Crippen molar-refractivity contribution in [3.05, 3.63) is 80.4 Å². The van der Waals surface area contributed by atoms with Gasteiger partial charge in [0, 0.05) is 0 Å². The van der Waals surface area contributed by atoms with Gasteiger partial charge in [-0.1, -0.05) is 30.4 Å². The van der Waals surface area contributed by atoms with Gasteiger partial charge in [0.2, 0.25) is 10.9 Å². The fraction of sp³-hybridized carbons (Fsp3) is 0.250. The number of nitrogens with zero attached hydrogens (tertiary/aromatic N) is 3. The Kier molecular flexibility index (Phi) is 5.20. The van der Waals surface area contributed by atoms with Crippen molar-refractivity contribution in [2.24, 2.45) is 0 Å². The Balaban J connectivity index is 1.76. The minimum Gasteiger partial charge on any atom is -0.491 e. The number of hydrogen-bond donors (Lipinski definition) is 0. The zero-order valence-electron chi connectivity index (χ0n) is 18.2. The molecule has 1 unspecified atom stereocenters. The molecule has 1 aliphatic heterocycles. The van der Waals surface area contributed by atoms with E-state index in [9.17, 15) is 14.0 Å². The summed E-state index contributed by atoms with van der Waals surface area (Å²) in [5.41, 5.74) is 0.490. The summed E-state index contributed by atoms with van der Waals surface area (Å²) >= 11 is 1.28. The summed E-state index contributed by atoms with van der Waals surface area (Å²) in [6.07, 6.45) is 0.608. The number of anilines is 1. The van der Waals surface area contributed by atoms with E-state index in [-0.39, 0.29) is 28.4 Å². The summed E-state index contributed by atoms with van der Waals surface area (Å²) in [7, 11) is 0. The molecule has 0 bridgehead atoms. The average molecular weight is 466 g/mol. The Morgan fingerprint density at radius 1 is 1.18 bits per heavy atom. The minimum absolute atomic E-state index is 0.0545. The van der Waals surface area contributed by atoms with Crippen LogP contribution >= 0.6 is 11.3 Å². The fourth-order valence-corrected chi connectivity index (χ4v) is 4.78. The molecule has 1 amide bonds. The normalized spacial score (nSPS) is 15.5. The molecule has 0 N–H and O–H groups in total. The van der Waals surface area contributed by atoms with E-state index in [0.29, 0.717) is 22.9 Å². The van der Waals surface area contributed by atoms with Crippen LogP contribution in [-0.4, -0.2) is 22.2 Å². The molecule has 7 nitrogen and oxygen atoms in total. The number of aryl methyl sites for hydroxylation is 1. The molecule has 2 aromatic heterocycles. The first kappa shape index (κ1) is 21.3. The number of carbonyl (C=O) groups excluding carboxylic acids is 1. The van der Waals surface area contributed by atoms with Crippen LogP contribution in [0.3, 0.4) is 0 Å². The molecule has 33 heavy (non-hydrogen) atoms. The van der Waals surface area contributed by atoms with Gasteiger partial charge in [-0.15, -0.1) is 10.2 Å². The lowest BCUT2D eigenvalue weighted by atomic mass is 9.98. The van der Waals surface area contributed by atoms with E-state index in [2.05, 4.69) is 10.2 Å². The monoisotopic (exact) mass is 465 g/mol. The van der Waals surface area contributed by atoms with Crippen LogP contribution in [0.1, 0.15) is 53.5 Å². The Hall–Kier alpha value is -3.59. The van der Waals surface area contributed by atoms with Gasteiger partial charge in [0.15, 0.2) is 5.43 Å². The van der Waals surface area contributed by atoms with Crippen LogP contribution in [0.5, 0.6) is 5.75 Å². The van der Waals surface area contributed by atoms with Crippen LogP contribution in [-0.2, 0) is 6.42 Å². The molecule has 0 radical (unpaired) electrons. The van der Waals surface area contributed by atoms with Gasteiger partial charge < -0.3 is 9.15 Å². The maximum Gasteiger partial charge on any atom is 0.297 e. The van der Waals surface area contributed by atoms with Crippen molar-refractivity contribution < 1.29 is 18.3 Å². The van der Waals surface area contributed by atoms with Crippen LogP contribution < -0.4 is 15.1 Å². The average Bonchev–Trinajstić information content (AvgIpc) is 3.37. The third-order valence-electron chi connectivity index (χ3n) is 5.34. The van der Waals surface area contributed by atoms with Crippen molar-refractivity contribution in [2.45, 2.75) is 39.3 Å². The van der Waals surface area contributed by atoms with Gasteiger partial charge >= 0.3 is 0 Å². The number of rotatable bonds is 5. The summed E-state index contributed by atoms with van der Waals surface area (Å²) in [5, 5.41) is 9.54. The van der Waals surface area contributed by atoms with Crippen molar-refractivity contribution in [3.63, 3.8) is 0 Å². The molecule has 0 fully saturated rings. The lowest BCUT2D eigenvalue weighted by molar-refractivity contribution is 0.0970. The highest BCUT2D eigenvalue weighted by atomic mass is 32.1. The van der Waals surface area contributed by atoms with Gasteiger partial charge in [0.25, 0.3) is 5.91 Å². The number of carbonyl (C=O) groups is 1. The smallest absolute Gasteiger partial charge is 0.297 e. The van der Waals surface area contributed by atoms with Crippen molar-refractivity contribution in [1.29, 1.82) is 0 Å². The van der Waals surface area contributed by atoms with Gasteiger partial charge in [-0.25, -0.2) is 4.39 Å². The van der Waals surface area contributed by atoms with Gasteiger partial charge in [-0.2, -0.15) is 0 Å². The Labute approximate surface area is 192 Å². The van der Waals surface area contributed by atoms with E-state index in [0.717, 1.165) is 11.1 Å². The molecule has 0 aliphatic carbocycles. The SMILES string of the molecule is CCc1nnc(N2C(=O)c3oc4ccc(F)cc4c(=O)c3C2c2cccc(OC(C)C)c2)s1. The molecular weight excluding hydrogens is 445 g/mol. The number of ether oxygens (including phenoxy) is 1. The van der Waals surface area contributed by atoms with Crippen molar-refractivity contribution in [3.8, 4) is 5.75 Å². The fourth-order valence-electron chi connectivity index (χ4n) is 3.97. The van der Waals surface area contributed by atoms with Gasteiger partial charge in [0.05, 0.1) is 23.1 Å². The van der Waals surface area contributed by atoms with E-state index < -0.39 is 23.2 Å². The minimum atomic E-state index is -0.815. The van der Waals surface area contributed by atoms with Crippen LogP contribution in [0, 0.1) is 5.82 Å². The number of halogens is 1. The second-order valence-electron chi connectivity index (χ2n) is 7.96. The zero-order valence-corrected chi connectivity index (χ0v) is 19.0. The van der Waals surface area contributed by atoms with Crippen LogP contribution in [0.15, 0.2) is 51.7 Å². The molecule has 4 aromatic rings. The predicted molar refractivity (Wildman–Crippen MR) is 123 cm³/mol. The van der Waals surface area contributed by atoms with Crippen LogP contribution in [0.2, 0.25) is 0 Å². The van der Waals surface area contributed by atoms with E-state index in [4.69, 9.17) is 9.15 Å². The molecule has 1 atom stereocenters. The summed E-state index contributed by atoms with van der Waals surface area (Å²) in [6, 6.07) is 10.1. The molecule has 0 spiro atoms. The Morgan fingerprint density at radius 2 is 2.00 bits per heavy atom. The number of fused-ring (bicyclic) bond motifs is 2. The quantitative estimate of drug-likeness (QED) is 0.418. The second-order valence-corrected chi connectivity index (χ2v) is 9.00. The maximum absolute atomic E-state index is 13.9. The molecular formula is C24H20FN3O4S. The number of aromatic nitrogens is 2. The summed E-state index contributed by atoms with van der Waals surface area (Å²) in [4.78, 5) is 28.5. The molecule has 0 saturated heterocycles. The lowest BCUT2D eigenvalue weighted by Crippen LogP contribution is -2.29. The second kappa shape index (κ2) is 8.08. The van der Waals surface area contributed by atoms with E-state index in [1.54, 1.807) is 12.1 Å². The van der Waals surface area contributed by atoms with Crippen molar-refractivity contribution in [2.75, 3.05) is 4.90 Å². The van der Waals surface area contributed by atoms with Gasteiger partial charge in [-0.05, 0) is 56.2 Å². The van der Waals surface area contributed by atoms with Gasteiger partial charge in [0.1, 0.15) is 22.2 Å². The highest BCUT2D eigenvalue weighted by Gasteiger charge is 2.45. The molecule has 9 heteroatoms. The Bertz CT molecular complexity index is 1450. The van der Waals surface area contributed by atoms with Crippen LogP contribution in [0.4, 0.5) is 9.52 Å². The first-order chi connectivity index (χ1) is 15.9. The van der Waals surface area contributed by atoms with E-state index in [1.807, 2.05) is 32.9 Å². The first-order valence-electron chi connectivity index (χ1n) is 10.6. The van der Waals surface area contributed by atoms with Crippen LogP contribution in [0.25, 0.3) is 11.0 Å². The summed E-state index contributed by atoms with van der Waals surface area (Å²) in [6.45, 7) is 5.77. The zero-order chi connectivity index (χ0) is 23.3.